The first-order valence-electron chi connectivity index (χ1n) is 7.01. The number of hydrogen-bond acceptors (Lipinski definition) is 2. The molecule has 1 heterocycles. The maximum atomic E-state index is 12.3. The Bertz CT molecular complexity index is 760. The summed E-state index contributed by atoms with van der Waals surface area (Å²) in [6, 6.07) is 10.3. The van der Waals surface area contributed by atoms with Crippen molar-refractivity contribution in [1.82, 2.24) is 0 Å². The van der Waals surface area contributed by atoms with Gasteiger partial charge in [0.1, 0.15) is 6.04 Å². The van der Waals surface area contributed by atoms with Gasteiger partial charge in [0.15, 0.2) is 0 Å². The molecule has 1 amide bonds. The first-order chi connectivity index (χ1) is 10.4. The highest BCUT2D eigenvalue weighted by Crippen LogP contribution is 2.41. The summed E-state index contributed by atoms with van der Waals surface area (Å²) < 4.78 is 0. The second-order valence-electron chi connectivity index (χ2n) is 5.61. The Labute approximate surface area is 139 Å². The number of nitrogens with zero attached hydrogens (tertiary/aromatic N) is 1. The molecule has 0 spiro atoms. The second kappa shape index (κ2) is 5.58. The molecule has 3 nitrogen and oxygen atoms in total. The lowest BCUT2D eigenvalue weighted by molar-refractivity contribution is -0.126. The summed E-state index contributed by atoms with van der Waals surface area (Å²) in [5.41, 5.74) is 9.99. The average molecular weight is 335 g/mol. The van der Waals surface area contributed by atoms with Gasteiger partial charge in [-0.1, -0.05) is 35.3 Å². The Morgan fingerprint density at radius 1 is 1.05 bits per heavy atom. The Kier molecular flexibility index (Phi) is 3.89. The van der Waals surface area contributed by atoms with Gasteiger partial charge in [-0.15, -0.1) is 0 Å². The van der Waals surface area contributed by atoms with E-state index in [1.54, 1.807) is 17.0 Å². The molecule has 0 aliphatic carbocycles. The first-order valence-corrected chi connectivity index (χ1v) is 7.76. The lowest BCUT2D eigenvalue weighted by atomic mass is 9.88. The summed E-state index contributed by atoms with van der Waals surface area (Å²) in [6.45, 7) is 4.06. The molecule has 0 radical (unpaired) electrons. The van der Waals surface area contributed by atoms with Gasteiger partial charge in [0, 0.05) is 15.7 Å². The van der Waals surface area contributed by atoms with Gasteiger partial charge in [-0.25, -0.2) is 0 Å². The molecule has 0 aromatic heterocycles. The highest BCUT2D eigenvalue weighted by molar-refractivity contribution is 6.35. The molecule has 1 aliphatic heterocycles. The monoisotopic (exact) mass is 334 g/mol. The molecule has 22 heavy (non-hydrogen) atoms. The van der Waals surface area contributed by atoms with Crippen LogP contribution in [0.5, 0.6) is 0 Å². The Hall–Kier alpha value is -1.55. The standard InChI is InChI=1S/C17H16Cl2N2O/c1-9-3-5-12(7-10(9)2)21-16(15(20)17(21)22)13-6-4-11(18)8-14(13)19/h3-8,15-16H,20H2,1-2H3/t15-,16+/m0/s1. The molecular weight excluding hydrogens is 319 g/mol. The van der Waals surface area contributed by atoms with E-state index in [0.29, 0.717) is 10.0 Å². The van der Waals surface area contributed by atoms with Crippen LogP contribution in [0.4, 0.5) is 5.69 Å². The van der Waals surface area contributed by atoms with Crippen molar-refractivity contribution in [2.24, 2.45) is 5.73 Å². The fourth-order valence-electron chi connectivity index (χ4n) is 2.75. The summed E-state index contributed by atoms with van der Waals surface area (Å²) in [7, 11) is 0. The molecule has 1 saturated heterocycles. The smallest absolute Gasteiger partial charge is 0.247 e. The molecule has 114 valence electrons. The molecule has 3 rings (SSSR count). The number of anilines is 1. The quantitative estimate of drug-likeness (QED) is 0.843. The zero-order chi connectivity index (χ0) is 16.0. The summed E-state index contributed by atoms with van der Waals surface area (Å²) in [4.78, 5) is 14.0. The Balaban J connectivity index is 2.02. The van der Waals surface area contributed by atoms with Crippen molar-refractivity contribution in [2.75, 3.05) is 4.90 Å². The Morgan fingerprint density at radius 3 is 2.41 bits per heavy atom. The van der Waals surface area contributed by atoms with Crippen LogP contribution in [0, 0.1) is 13.8 Å². The lowest BCUT2D eigenvalue weighted by Crippen LogP contribution is -2.63. The van der Waals surface area contributed by atoms with E-state index in [1.165, 1.54) is 5.56 Å². The molecule has 5 heteroatoms. The van der Waals surface area contributed by atoms with Crippen LogP contribution in [0.15, 0.2) is 36.4 Å². The summed E-state index contributed by atoms with van der Waals surface area (Å²) in [6.07, 6.45) is 0. The summed E-state index contributed by atoms with van der Waals surface area (Å²) in [5.74, 6) is -0.0979. The molecular formula is C17H16Cl2N2O. The number of carbonyl (C=O) groups is 1. The molecule has 2 atom stereocenters. The maximum Gasteiger partial charge on any atom is 0.247 e. The van der Waals surface area contributed by atoms with Gasteiger partial charge in [-0.2, -0.15) is 0 Å². The van der Waals surface area contributed by atoms with Crippen molar-refractivity contribution in [1.29, 1.82) is 0 Å². The molecule has 0 saturated carbocycles. The van der Waals surface area contributed by atoms with E-state index in [9.17, 15) is 4.79 Å². The van der Waals surface area contributed by atoms with Gasteiger partial charge in [0.05, 0.1) is 6.04 Å². The number of rotatable bonds is 2. The van der Waals surface area contributed by atoms with Gasteiger partial charge >= 0.3 is 0 Å². The number of halogens is 2. The van der Waals surface area contributed by atoms with Crippen molar-refractivity contribution < 1.29 is 4.79 Å². The zero-order valence-corrected chi connectivity index (χ0v) is 13.8. The van der Waals surface area contributed by atoms with Gasteiger partial charge in [0.25, 0.3) is 0 Å². The van der Waals surface area contributed by atoms with E-state index in [2.05, 4.69) is 0 Å². The highest BCUT2D eigenvalue weighted by atomic mass is 35.5. The summed E-state index contributed by atoms with van der Waals surface area (Å²) >= 11 is 12.2. The minimum Gasteiger partial charge on any atom is -0.318 e. The van der Waals surface area contributed by atoms with E-state index < -0.39 is 6.04 Å². The van der Waals surface area contributed by atoms with E-state index in [1.807, 2.05) is 38.1 Å². The van der Waals surface area contributed by atoms with Crippen molar-refractivity contribution in [2.45, 2.75) is 25.9 Å². The van der Waals surface area contributed by atoms with Crippen LogP contribution in [-0.2, 0) is 4.79 Å². The molecule has 1 aliphatic rings. The highest BCUT2D eigenvalue weighted by Gasteiger charge is 2.47. The van der Waals surface area contributed by atoms with Crippen molar-refractivity contribution >= 4 is 34.8 Å². The molecule has 2 N–H and O–H groups in total. The van der Waals surface area contributed by atoms with E-state index in [4.69, 9.17) is 28.9 Å². The number of benzene rings is 2. The van der Waals surface area contributed by atoms with Crippen LogP contribution < -0.4 is 10.6 Å². The summed E-state index contributed by atoms with van der Waals surface area (Å²) in [5, 5.41) is 1.08. The third kappa shape index (κ3) is 2.39. The minimum absolute atomic E-state index is 0.0979. The number of nitrogens with two attached hydrogens (primary N) is 1. The topological polar surface area (TPSA) is 46.3 Å². The van der Waals surface area contributed by atoms with Crippen molar-refractivity contribution in [3.63, 3.8) is 0 Å². The van der Waals surface area contributed by atoms with E-state index >= 15 is 0 Å². The molecule has 0 bridgehead atoms. The van der Waals surface area contributed by atoms with E-state index in [-0.39, 0.29) is 11.9 Å². The average Bonchev–Trinajstić information content (AvgIpc) is 2.48. The van der Waals surface area contributed by atoms with Crippen LogP contribution in [-0.4, -0.2) is 11.9 Å². The SMILES string of the molecule is Cc1ccc(N2C(=O)[C@@H](N)[C@H]2c2ccc(Cl)cc2Cl)cc1C. The second-order valence-corrected chi connectivity index (χ2v) is 6.46. The van der Waals surface area contributed by atoms with Gasteiger partial charge in [0.2, 0.25) is 5.91 Å². The fourth-order valence-corrected chi connectivity index (χ4v) is 3.27. The molecule has 1 fully saturated rings. The van der Waals surface area contributed by atoms with Crippen LogP contribution in [0.1, 0.15) is 22.7 Å². The van der Waals surface area contributed by atoms with Crippen LogP contribution in [0.3, 0.4) is 0 Å². The normalized spacial score (nSPS) is 21.0. The largest absolute Gasteiger partial charge is 0.318 e. The molecule has 0 unspecified atom stereocenters. The maximum absolute atomic E-state index is 12.3. The molecule has 2 aromatic carbocycles. The fraction of sp³-hybridized carbons (Fsp3) is 0.235. The van der Waals surface area contributed by atoms with Gasteiger partial charge in [-0.3, -0.25) is 4.79 Å². The van der Waals surface area contributed by atoms with Crippen LogP contribution in [0.2, 0.25) is 10.0 Å². The Morgan fingerprint density at radius 2 is 1.77 bits per heavy atom. The van der Waals surface area contributed by atoms with Gasteiger partial charge in [-0.05, 0) is 54.8 Å². The number of amides is 1. The number of hydrogen-bond donors (Lipinski definition) is 1. The first kappa shape index (κ1) is 15.3. The minimum atomic E-state index is -0.583. The lowest BCUT2D eigenvalue weighted by Gasteiger charge is -2.46. The third-order valence-electron chi connectivity index (χ3n) is 4.19. The number of carbonyl (C=O) groups excluding carboxylic acids is 1. The molecule has 2 aromatic rings. The third-order valence-corrected chi connectivity index (χ3v) is 4.75. The number of aryl methyl sites for hydroxylation is 2. The number of β-lactam (4-membered cyclic amide) rings is 1. The zero-order valence-electron chi connectivity index (χ0n) is 12.3. The van der Waals surface area contributed by atoms with Crippen molar-refractivity contribution in [3.05, 3.63) is 63.1 Å². The van der Waals surface area contributed by atoms with Gasteiger partial charge < -0.3 is 10.6 Å². The van der Waals surface area contributed by atoms with Crippen LogP contribution in [0.25, 0.3) is 0 Å². The predicted octanol–water partition coefficient (Wildman–Crippen LogP) is 4.03. The predicted molar refractivity (Wildman–Crippen MR) is 90.6 cm³/mol. The van der Waals surface area contributed by atoms with Crippen LogP contribution >= 0.6 is 23.2 Å². The van der Waals surface area contributed by atoms with E-state index in [0.717, 1.165) is 16.8 Å². The van der Waals surface area contributed by atoms with Crippen molar-refractivity contribution in [3.8, 4) is 0 Å².